The van der Waals surface area contributed by atoms with E-state index < -0.39 is 0 Å². The molecule has 0 N–H and O–H groups in total. The first-order valence-corrected chi connectivity index (χ1v) is 3.52. The van der Waals surface area contributed by atoms with Crippen molar-refractivity contribution in [2.24, 2.45) is 0 Å². The van der Waals surface area contributed by atoms with Gasteiger partial charge in [0, 0.05) is 0 Å². The van der Waals surface area contributed by atoms with Crippen LogP contribution in [0.15, 0.2) is 30.3 Å². The van der Waals surface area contributed by atoms with Gasteiger partial charge in [0.2, 0.25) is 0 Å². The molecule has 0 atom stereocenters. The molecule has 1 rings (SSSR count). The van der Waals surface area contributed by atoms with Crippen LogP contribution in [0.4, 0.5) is 0 Å². The zero-order valence-corrected chi connectivity index (χ0v) is 6.19. The fraction of sp³-hybridized carbons (Fsp3) is 0.250. The van der Waals surface area contributed by atoms with E-state index in [2.05, 4.69) is 4.65 Å². The van der Waals surface area contributed by atoms with Crippen molar-refractivity contribution in [1.29, 1.82) is 0 Å². The summed E-state index contributed by atoms with van der Waals surface area (Å²) in [5, 5.41) is 0. The van der Waals surface area contributed by atoms with Gasteiger partial charge in [-0.05, 0) is 0 Å². The summed E-state index contributed by atoms with van der Waals surface area (Å²) in [6.45, 7) is 0.466. The van der Waals surface area contributed by atoms with Crippen LogP contribution >= 0.6 is 0 Å². The van der Waals surface area contributed by atoms with Gasteiger partial charge < -0.3 is 0 Å². The normalized spacial score (nSPS) is 8.73. The van der Waals surface area contributed by atoms with Crippen molar-refractivity contribution in [3.63, 3.8) is 0 Å². The van der Waals surface area contributed by atoms with Gasteiger partial charge >= 0.3 is 65.6 Å². The molecule has 0 fully saturated rings. The van der Waals surface area contributed by atoms with Crippen molar-refractivity contribution in [3.8, 4) is 0 Å². The molecular formula is C8H9BO2. The van der Waals surface area contributed by atoms with Crippen LogP contribution in [-0.2, 0) is 15.8 Å². The molecule has 56 valence electrons. The van der Waals surface area contributed by atoms with Crippen molar-refractivity contribution in [2.45, 2.75) is 6.42 Å². The van der Waals surface area contributed by atoms with E-state index in [4.69, 9.17) is 0 Å². The van der Waals surface area contributed by atoms with Crippen LogP contribution in [0.1, 0.15) is 5.56 Å². The Morgan fingerprint density at radius 2 is 2.00 bits per heavy atom. The summed E-state index contributed by atoms with van der Waals surface area (Å²) in [6, 6.07) is 9.92. The Morgan fingerprint density at radius 3 is 2.64 bits per heavy atom. The molecule has 1 aromatic carbocycles. The zero-order chi connectivity index (χ0) is 7.94. The molecule has 3 heteroatoms. The molecule has 0 spiro atoms. The molecule has 0 saturated heterocycles. The van der Waals surface area contributed by atoms with E-state index in [0.29, 0.717) is 14.0 Å². The number of benzene rings is 1. The van der Waals surface area contributed by atoms with Crippen molar-refractivity contribution in [1.82, 2.24) is 0 Å². The minimum absolute atomic E-state index is 0.466. The summed E-state index contributed by atoms with van der Waals surface area (Å²) in [5.41, 5.74) is 1.19. The average Bonchev–Trinajstić information content (AvgIpc) is 2.07. The fourth-order valence-corrected chi connectivity index (χ4v) is 0.870. The molecule has 0 aromatic heterocycles. The van der Waals surface area contributed by atoms with Crippen molar-refractivity contribution >= 4 is 7.35 Å². The second-order valence-corrected chi connectivity index (χ2v) is 2.20. The van der Waals surface area contributed by atoms with Crippen LogP contribution in [0.2, 0.25) is 0 Å². The SMILES string of the molecule is O=BOCCc1ccccc1. The Balaban J connectivity index is 2.33. The second kappa shape index (κ2) is 4.66. The van der Waals surface area contributed by atoms with Gasteiger partial charge in [0.1, 0.15) is 0 Å². The van der Waals surface area contributed by atoms with E-state index in [9.17, 15) is 4.70 Å². The van der Waals surface area contributed by atoms with Crippen LogP contribution in [0.5, 0.6) is 0 Å². The molecule has 0 aliphatic rings. The molecule has 0 unspecified atom stereocenters. The van der Waals surface area contributed by atoms with Gasteiger partial charge in [0.25, 0.3) is 0 Å². The fourth-order valence-electron chi connectivity index (χ4n) is 0.870. The molecular weight excluding hydrogens is 139 g/mol. The summed E-state index contributed by atoms with van der Waals surface area (Å²) in [5.74, 6) is 0. The molecule has 11 heavy (non-hydrogen) atoms. The van der Waals surface area contributed by atoms with Gasteiger partial charge in [0.05, 0.1) is 0 Å². The first-order valence-electron chi connectivity index (χ1n) is 3.52. The first kappa shape index (κ1) is 7.99. The zero-order valence-electron chi connectivity index (χ0n) is 6.19. The van der Waals surface area contributed by atoms with E-state index in [1.165, 1.54) is 5.56 Å². The monoisotopic (exact) mass is 148 g/mol. The average molecular weight is 148 g/mol. The van der Waals surface area contributed by atoms with E-state index in [-0.39, 0.29) is 0 Å². The van der Waals surface area contributed by atoms with E-state index >= 15 is 0 Å². The van der Waals surface area contributed by atoms with E-state index in [1.54, 1.807) is 0 Å². The third kappa shape index (κ3) is 2.98. The summed E-state index contributed by atoms with van der Waals surface area (Å²) in [4.78, 5) is 0. The van der Waals surface area contributed by atoms with Crippen molar-refractivity contribution < 1.29 is 9.36 Å². The Kier molecular flexibility index (Phi) is 3.38. The maximum atomic E-state index is 9.77. The van der Waals surface area contributed by atoms with Gasteiger partial charge in [-0.3, -0.25) is 0 Å². The van der Waals surface area contributed by atoms with Gasteiger partial charge in [-0.2, -0.15) is 0 Å². The number of hydrogen-bond donors (Lipinski definition) is 0. The molecule has 0 aliphatic heterocycles. The van der Waals surface area contributed by atoms with Crippen molar-refractivity contribution in [2.75, 3.05) is 6.61 Å². The second-order valence-electron chi connectivity index (χ2n) is 2.20. The predicted molar refractivity (Wildman–Crippen MR) is 42.5 cm³/mol. The van der Waals surface area contributed by atoms with Crippen molar-refractivity contribution in [3.05, 3.63) is 35.9 Å². The topological polar surface area (TPSA) is 26.3 Å². The quantitative estimate of drug-likeness (QED) is 0.473. The van der Waals surface area contributed by atoms with E-state index in [1.807, 2.05) is 30.3 Å². The van der Waals surface area contributed by atoms with Crippen LogP contribution in [-0.4, -0.2) is 14.0 Å². The Labute approximate surface area is 66.5 Å². The third-order valence-corrected chi connectivity index (χ3v) is 1.42. The van der Waals surface area contributed by atoms with E-state index in [0.717, 1.165) is 6.42 Å². The molecule has 0 amide bonds. The summed E-state index contributed by atoms with van der Waals surface area (Å²) >= 11 is 0. The van der Waals surface area contributed by atoms with Crippen LogP contribution in [0, 0.1) is 0 Å². The molecule has 2 nitrogen and oxygen atoms in total. The van der Waals surface area contributed by atoms with Crippen LogP contribution < -0.4 is 0 Å². The molecule has 0 radical (unpaired) electrons. The van der Waals surface area contributed by atoms with Gasteiger partial charge in [-0.15, -0.1) is 0 Å². The Hall–Kier alpha value is -1.12. The third-order valence-electron chi connectivity index (χ3n) is 1.42. The predicted octanol–water partition coefficient (Wildman–Crippen LogP) is 1.21. The van der Waals surface area contributed by atoms with Gasteiger partial charge in [-0.1, -0.05) is 0 Å². The Bertz CT molecular complexity index is 211. The minimum atomic E-state index is 0.466. The van der Waals surface area contributed by atoms with Gasteiger partial charge in [0.15, 0.2) is 0 Å². The summed E-state index contributed by atoms with van der Waals surface area (Å²) in [6.07, 6.45) is 0.791. The molecule has 1 aromatic rings. The molecule has 0 bridgehead atoms. The maximum absolute atomic E-state index is 9.77. The Morgan fingerprint density at radius 1 is 1.27 bits per heavy atom. The van der Waals surface area contributed by atoms with Gasteiger partial charge in [-0.25, -0.2) is 0 Å². The summed E-state index contributed by atoms with van der Waals surface area (Å²) in [7, 11) is 0.475. The molecule has 0 saturated carbocycles. The number of hydrogen-bond acceptors (Lipinski definition) is 2. The summed E-state index contributed by atoms with van der Waals surface area (Å²) < 4.78 is 14.3. The molecule has 0 heterocycles. The van der Waals surface area contributed by atoms with Crippen LogP contribution in [0.25, 0.3) is 0 Å². The standard InChI is InChI=1S/C8H9BO2/c10-9-11-7-6-8-4-2-1-3-5-8/h1-5H,6-7H2. The first-order chi connectivity index (χ1) is 5.43. The molecule has 0 aliphatic carbocycles. The number of rotatable bonds is 4. The van der Waals surface area contributed by atoms with Crippen LogP contribution in [0.3, 0.4) is 0 Å².